The molecule has 0 saturated carbocycles. The van der Waals surface area contributed by atoms with Crippen LogP contribution >= 0.6 is 15.9 Å². The summed E-state index contributed by atoms with van der Waals surface area (Å²) in [4.78, 5) is 2.09. The summed E-state index contributed by atoms with van der Waals surface area (Å²) in [6, 6.07) is 7.73. The molecule has 3 heteroatoms. The Morgan fingerprint density at radius 3 is 2.47 bits per heavy atom. The normalized spacial score (nSPS) is 12.4. The van der Waals surface area contributed by atoms with Gasteiger partial charge in [-0.1, -0.05) is 40.2 Å². The van der Waals surface area contributed by atoms with Gasteiger partial charge in [-0.05, 0) is 17.7 Å². The molecular formula is C14H18BrNO. The summed E-state index contributed by atoms with van der Waals surface area (Å²) in [7, 11) is 0. The van der Waals surface area contributed by atoms with E-state index in [1.807, 2.05) is 36.4 Å². The first-order valence-electron chi connectivity index (χ1n) is 5.55. The van der Waals surface area contributed by atoms with Crippen LogP contribution in [0.1, 0.15) is 11.7 Å². The van der Waals surface area contributed by atoms with Gasteiger partial charge in [0.05, 0.1) is 6.10 Å². The topological polar surface area (TPSA) is 23.5 Å². The number of hydrogen-bond acceptors (Lipinski definition) is 2. The summed E-state index contributed by atoms with van der Waals surface area (Å²) in [5.74, 6) is 0. The molecule has 1 N–H and O–H groups in total. The molecular weight excluding hydrogens is 278 g/mol. The van der Waals surface area contributed by atoms with Crippen molar-refractivity contribution in [3.05, 3.63) is 59.6 Å². The number of aliphatic hydroxyl groups is 1. The van der Waals surface area contributed by atoms with E-state index in [0.717, 1.165) is 23.1 Å². The molecule has 0 aromatic heterocycles. The van der Waals surface area contributed by atoms with Gasteiger partial charge in [-0.2, -0.15) is 0 Å². The molecule has 0 amide bonds. The zero-order valence-corrected chi connectivity index (χ0v) is 11.4. The number of hydrogen-bond donors (Lipinski definition) is 1. The average Bonchev–Trinajstić information content (AvgIpc) is 2.29. The molecule has 1 atom stereocenters. The molecule has 0 aliphatic rings. The maximum absolute atomic E-state index is 10.1. The summed E-state index contributed by atoms with van der Waals surface area (Å²) in [5, 5.41) is 10.1. The first kappa shape index (κ1) is 14.2. The summed E-state index contributed by atoms with van der Waals surface area (Å²) < 4.78 is 0.980. The largest absolute Gasteiger partial charge is 0.387 e. The molecule has 0 fully saturated rings. The number of halogens is 1. The van der Waals surface area contributed by atoms with Crippen LogP contribution in [0.2, 0.25) is 0 Å². The van der Waals surface area contributed by atoms with Crippen molar-refractivity contribution >= 4 is 15.9 Å². The average molecular weight is 296 g/mol. The highest BCUT2D eigenvalue weighted by Gasteiger charge is 2.11. The van der Waals surface area contributed by atoms with Gasteiger partial charge in [0, 0.05) is 24.1 Å². The van der Waals surface area contributed by atoms with Crippen LogP contribution in [-0.2, 0) is 0 Å². The summed E-state index contributed by atoms with van der Waals surface area (Å²) in [5.41, 5.74) is 0.914. The third-order valence-electron chi connectivity index (χ3n) is 2.44. The Hall–Kier alpha value is -0.900. The van der Waals surface area contributed by atoms with E-state index in [1.54, 1.807) is 0 Å². The van der Waals surface area contributed by atoms with E-state index in [2.05, 4.69) is 34.0 Å². The molecule has 0 aliphatic carbocycles. The maximum atomic E-state index is 10.1. The summed E-state index contributed by atoms with van der Waals surface area (Å²) in [6.07, 6.45) is 3.17. The van der Waals surface area contributed by atoms with E-state index in [0.29, 0.717) is 6.54 Å². The molecule has 1 rings (SSSR count). The Morgan fingerprint density at radius 2 is 1.94 bits per heavy atom. The molecule has 0 saturated heterocycles. The second-order valence-electron chi connectivity index (χ2n) is 3.87. The van der Waals surface area contributed by atoms with Crippen LogP contribution in [0.5, 0.6) is 0 Å². The lowest BCUT2D eigenvalue weighted by Gasteiger charge is -2.22. The fraction of sp³-hybridized carbons (Fsp3) is 0.286. The molecule has 92 valence electrons. The van der Waals surface area contributed by atoms with E-state index >= 15 is 0 Å². The molecule has 0 aliphatic heterocycles. The number of rotatable bonds is 7. The van der Waals surface area contributed by atoms with E-state index in [1.165, 1.54) is 0 Å². The molecule has 0 bridgehead atoms. The monoisotopic (exact) mass is 295 g/mol. The van der Waals surface area contributed by atoms with Crippen molar-refractivity contribution in [1.82, 2.24) is 4.90 Å². The van der Waals surface area contributed by atoms with Crippen molar-refractivity contribution in [2.75, 3.05) is 19.6 Å². The highest BCUT2D eigenvalue weighted by atomic mass is 79.9. The van der Waals surface area contributed by atoms with Gasteiger partial charge in [0.25, 0.3) is 0 Å². The van der Waals surface area contributed by atoms with Crippen LogP contribution in [0, 0.1) is 0 Å². The van der Waals surface area contributed by atoms with E-state index in [4.69, 9.17) is 0 Å². The molecule has 0 spiro atoms. The molecule has 17 heavy (non-hydrogen) atoms. The van der Waals surface area contributed by atoms with E-state index < -0.39 is 6.10 Å². The highest BCUT2D eigenvalue weighted by Crippen LogP contribution is 2.19. The molecule has 0 heterocycles. The van der Waals surface area contributed by atoms with Gasteiger partial charge in [0.15, 0.2) is 0 Å². The van der Waals surface area contributed by atoms with Crippen LogP contribution in [-0.4, -0.2) is 29.6 Å². The van der Waals surface area contributed by atoms with Crippen molar-refractivity contribution in [3.8, 4) is 0 Å². The van der Waals surface area contributed by atoms with Gasteiger partial charge in [-0.25, -0.2) is 0 Å². The minimum atomic E-state index is -0.493. The third kappa shape index (κ3) is 4.86. The number of benzene rings is 1. The van der Waals surface area contributed by atoms with Crippen molar-refractivity contribution in [1.29, 1.82) is 0 Å². The predicted molar refractivity (Wildman–Crippen MR) is 75.9 cm³/mol. The van der Waals surface area contributed by atoms with Gasteiger partial charge >= 0.3 is 0 Å². The number of aliphatic hydroxyl groups excluding tert-OH is 1. The van der Waals surface area contributed by atoms with Crippen LogP contribution in [0.25, 0.3) is 0 Å². The van der Waals surface area contributed by atoms with Gasteiger partial charge in [0.1, 0.15) is 0 Å². The summed E-state index contributed by atoms with van der Waals surface area (Å²) >= 11 is 3.40. The minimum Gasteiger partial charge on any atom is -0.387 e. The second-order valence-corrected chi connectivity index (χ2v) is 4.78. The van der Waals surface area contributed by atoms with Crippen molar-refractivity contribution in [2.45, 2.75) is 6.10 Å². The fourth-order valence-electron chi connectivity index (χ4n) is 1.65. The highest BCUT2D eigenvalue weighted by molar-refractivity contribution is 9.10. The molecule has 0 radical (unpaired) electrons. The Bertz CT molecular complexity index is 368. The molecule has 1 aromatic carbocycles. The van der Waals surface area contributed by atoms with Gasteiger partial charge in [-0.15, -0.1) is 13.2 Å². The molecule has 1 aromatic rings. The first-order chi connectivity index (χ1) is 8.17. The van der Waals surface area contributed by atoms with E-state index in [-0.39, 0.29) is 0 Å². The quantitative estimate of drug-likeness (QED) is 0.781. The minimum absolute atomic E-state index is 0.493. The lowest BCUT2D eigenvalue weighted by Crippen LogP contribution is -2.29. The van der Waals surface area contributed by atoms with Gasteiger partial charge < -0.3 is 5.11 Å². The molecule has 2 nitrogen and oxygen atoms in total. The zero-order valence-electron chi connectivity index (χ0n) is 9.85. The Kier molecular flexibility index (Phi) is 6.19. The van der Waals surface area contributed by atoms with Crippen LogP contribution in [0.15, 0.2) is 54.0 Å². The number of nitrogens with zero attached hydrogens (tertiary/aromatic N) is 1. The lowest BCUT2D eigenvalue weighted by molar-refractivity contribution is 0.125. The van der Waals surface area contributed by atoms with Gasteiger partial charge in [-0.3, -0.25) is 4.90 Å². The van der Waals surface area contributed by atoms with E-state index in [9.17, 15) is 5.11 Å². The van der Waals surface area contributed by atoms with Crippen LogP contribution in [0.4, 0.5) is 0 Å². The predicted octanol–water partition coefficient (Wildman–Crippen LogP) is 3.16. The Balaban J connectivity index is 2.65. The third-order valence-corrected chi connectivity index (χ3v) is 2.93. The fourth-order valence-corrected chi connectivity index (χ4v) is 2.07. The van der Waals surface area contributed by atoms with Crippen molar-refractivity contribution in [3.63, 3.8) is 0 Å². The maximum Gasteiger partial charge on any atom is 0.0917 e. The SMILES string of the molecule is C=CCN(CC=C)CC(O)c1cccc(Br)c1. The van der Waals surface area contributed by atoms with Crippen LogP contribution < -0.4 is 0 Å². The van der Waals surface area contributed by atoms with Crippen molar-refractivity contribution in [2.24, 2.45) is 0 Å². The lowest BCUT2D eigenvalue weighted by atomic mass is 10.1. The smallest absolute Gasteiger partial charge is 0.0917 e. The van der Waals surface area contributed by atoms with Crippen LogP contribution in [0.3, 0.4) is 0 Å². The summed E-state index contributed by atoms with van der Waals surface area (Å²) in [6.45, 7) is 9.50. The Morgan fingerprint density at radius 1 is 1.29 bits per heavy atom. The Labute approximate surface area is 111 Å². The zero-order chi connectivity index (χ0) is 12.7. The standard InChI is InChI=1S/C14H18BrNO/c1-3-8-16(9-4-2)11-14(17)12-6-5-7-13(15)10-12/h3-7,10,14,17H,1-2,8-9,11H2. The van der Waals surface area contributed by atoms with Gasteiger partial charge in [0.2, 0.25) is 0 Å². The van der Waals surface area contributed by atoms with Crippen molar-refractivity contribution < 1.29 is 5.11 Å². The first-order valence-corrected chi connectivity index (χ1v) is 6.34. The molecule has 1 unspecified atom stereocenters. The second kappa shape index (κ2) is 7.43.